The van der Waals surface area contributed by atoms with Crippen molar-refractivity contribution in [2.45, 2.75) is 62.2 Å². The second kappa shape index (κ2) is 6.07. The number of hydrogen-bond acceptors (Lipinski definition) is 1. The minimum absolute atomic E-state index is 0.0278. The summed E-state index contributed by atoms with van der Waals surface area (Å²) in [7, 11) is 1.89. The molecule has 0 aliphatic heterocycles. The van der Waals surface area contributed by atoms with Crippen LogP contribution in [0.1, 0.15) is 63.5 Å². The number of carbonyl (C=O) groups excluding carboxylic acids is 1. The molecule has 2 nitrogen and oxygen atoms in total. The van der Waals surface area contributed by atoms with E-state index in [0.29, 0.717) is 10.7 Å². The number of alkyl halides is 1. The molecular weight excluding hydrogens is 381 g/mol. The fourth-order valence-corrected chi connectivity index (χ4v) is 7.68. The number of hydrogen-bond donors (Lipinski definition) is 0. The van der Waals surface area contributed by atoms with Gasteiger partial charge in [0.05, 0.1) is 6.04 Å². The Morgan fingerprint density at radius 3 is 2.40 bits per heavy atom. The normalized spacial score (nSPS) is 37.1. The van der Waals surface area contributed by atoms with Crippen LogP contribution in [0.3, 0.4) is 0 Å². The van der Waals surface area contributed by atoms with Gasteiger partial charge in [-0.3, -0.25) is 4.79 Å². The van der Waals surface area contributed by atoms with E-state index in [9.17, 15) is 9.18 Å². The van der Waals surface area contributed by atoms with Gasteiger partial charge in [0.1, 0.15) is 5.82 Å². The summed E-state index contributed by atoms with van der Waals surface area (Å²) in [6, 6.07) is 6.47. The molecule has 3 unspecified atom stereocenters. The molecule has 0 aromatic heterocycles. The Labute approximate surface area is 158 Å². The average Bonchev–Trinajstić information content (AvgIpc) is 2.51. The van der Waals surface area contributed by atoms with Gasteiger partial charge in [-0.05, 0) is 80.4 Å². The Bertz CT molecular complexity index is 659. The minimum Gasteiger partial charge on any atom is -0.339 e. The summed E-state index contributed by atoms with van der Waals surface area (Å²) in [5.74, 6) is 1.59. The number of nitrogens with zero attached hydrogens (tertiary/aromatic N) is 1. The molecule has 4 aliphatic rings. The van der Waals surface area contributed by atoms with Crippen molar-refractivity contribution in [3.63, 3.8) is 0 Å². The average molecular weight is 408 g/mol. The van der Waals surface area contributed by atoms with Crippen LogP contribution in [0.15, 0.2) is 24.3 Å². The van der Waals surface area contributed by atoms with E-state index in [2.05, 4.69) is 15.9 Å². The van der Waals surface area contributed by atoms with Crippen LogP contribution in [0.2, 0.25) is 0 Å². The van der Waals surface area contributed by atoms with Crippen LogP contribution in [0, 0.1) is 23.1 Å². The van der Waals surface area contributed by atoms with E-state index in [-0.39, 0.29) is 23.2 Å². The standard InChI is InChI=1S/C21H27BrFNO/c1-14(17-3-5-18(23)6-4-17)24(2)19(25)12-20-8-15-7-16(9-20)11-21(22,10-15)13-20/h3-6,14-16H,7-13H2,1-2H3. The van der Waals surface area contributed by atoms with Crippen LogP contribution in [-0.4, -0.2) is 22.2 Å². The second-order valence-electron chi connectivity index (χ2n) is 9.02. The van der Waals surface area contributed by atoms with E-state index in [1.165, 1.54) is 44.2 Å². The van der Waals surface area contributed by atoms with E-state index in [4.69, 9.17) is 0 Å². The highest BCUT2D eigenvalue weighted by atomic mass is 79.9. The quantitative estimate of drug-likeness (QED) is 0.605. The van der Waals surface area contributed by atoms with Crippen molar-refractivity contribution in [1.29, 1.82) is 0 Å². The lowest BCUT2D eigenvalue weighted by atomic mass is 9.48. The molecule has 4 bridgehead atoms. The Hall–Kier alpha value is -0.900. The van der Waals surface area contributed by atoms with Crippen LogP contribution < -0.4 is 0 Å². The highest BCUT2D eigenvalue weighted by Crippen LogP contribution is 2.65. The van der Waals surface area contributed by atoms with Gasteiger partial charge in [0, 0.05) is 17.8 Å². The maximum absolute atomic E-state index is 13.1. The van der Waals surface area contributed by atoms with Crippen LogP contribution in [0.5, 0.6) is 0 Å². The number of benzene rings is 1. The molecule has 5 rings (SSSR count). The van der Waals surface area contributed by atoms with Gasteiger partial charge in [0.15, 0.2) is 0 Å². The molecule has 0 heterocycles. The Morgan fingerprint density at radius 1 is 1.24 bits per heavy atom. The van der Waals surface area contributed by atoms with E-state index in [1.54, 1.807) is 12.1 Å². The Morgan fingerprint density at radius 2 is 1.84 bits per heavy atom. The zero-order valence-corrected chi connectivity index (χ0v) is 16.7. The molecule has 1 aromatic carbocycles. The molecule has 4 heteroatoms. The maximum atomic E-state index is 13.1. The fourth-order valence-electron chi connectivity index (χ4n) is 6.17. The summed E-state index contributed by atoms with van der Waals surface area (Å²) in [6.07, 6.45) is 8.21. The van der Waals surface area contributed by atoms with Gasteiger partial charge >= 0.3 is 0 Å². The van der Waals surface area contributed by atoms with Crippen molar-refractivity contribution in [3.8, 4) is 0 Å². The Balaban J connectivity index is 1.47. The van der Waals surface area contributed by atoms with Gasteiger partial charge in [-0.15, -0.1) is 0 Å². The van der Waals surface area contributed by atoms with Crippen molar-refractivity contribution >= 4 is 21.8 Å². The minimum atomic E-state index is -0.235. The Kier molecular flexibility index (Phi) is 4.25. The van der Waals surface area contributed by atoms with E-state index < -0.39 is 0 Å². The molecule has 3 atom stereocenters. The van der Waals surface area contributed by atoms with Gasteiger partial charge in [0.2, 0.25) is 5.91 Å². The summed E-state index contributed by atoms with van der Waals surface area (Å²) in [4.78, 5) is 14.9. The molecule has 0 spiro atoms. The molecular formula is C21H27BrFNO. The van der Waals surface area contributed by atoms with Gasteiger partial charge in [-0.25, -0.2) is 4.39 Å². The largest absolute Gasteiger partial charge is 0.339 e. The van der Waals surface area contributed by atoms with Gasteiger partial charge < -0.3 is 4.90 Å². The maximum Gasteiger partial charge on any atom is 0.223 e. The number of amides is 1. The zero-order valence-electron chi connectivity index (χ0n) is 15.1. The molecule has 4 saturated carbocycles. The topological polar surface area (TPSA) is 20.3 Å². The third-order valence-electron chi connectivity index (χ3n) is 6.96. The molecule has 0 saturated heterocycles. The molecule has 25 heavy (non-hydrogen) atoms. The van der Waals surface area contributed by atoms with Crippen LogP contribution >= 0.6 is 15.9 Å². The lowest BCUT2D eigenvalue weighted by Gasteiger charge is -2.60. The van der Waals surface area contributed by atoms with Crippen molar-refractivity contribution in [1.82, 2.24) is 4.90 Å². The third-order valence-corrected chi connectivity index (χ3v) is 7.89. The lowest BCUT2D eigenvalue weighted by molar-refractivity contribution is -0.139. The van der Waals surface area contributed by atoms with Gasteiger partial charge in [-0.1, -0.05) is 28.1 Å². The monoisotopic (exact) mass is 407 g/mol. The third kappa shape index (κ3) is 3.27. The summed E-state index contributed by atoms with van der Waals surface area (Å²) in [6.45, 7) is 2.02. The molecule has 136 valence electrons. The first-order chi connectivity index (χ1) is 11.8. The summed E-state index contributed by atoms with van der Waals surface area (Å²) in [5.41, 5.74) is 1.18. The smallest absolute Gasteiger partial charge is 0.223 e. The van der Waals surface area contributed by atoms with E-state index >= 15 is 0 Å². The lowest BCUT2D eigenvalue weighted by Crippen LogP contribution is -2.54. The summed E-state index contributed by atoms with van der Waals surface area (Å²) < 4.78 is 13.4. The number of halogens is 2. The predicted octanol–water partition coefficient (Wildman–Crippen LogP) is 5.47. The molecule has 4 fully saturated rings. The van der Waals surface area contributed by atoms with Crippen molar-refractivity contribution < 1.29 is 9.18 Å². The summed E-state index contributed by atoms with van der Waals surface area (Å²) in [5, 5.41) is 0. The van der Waals surface area contributed by atoms with Crippen molar-refractivity contribution in [2.75, 3.05) is 7.05 Å². The highest BCUT2D eigenvalue weighted by molar-refractivity contribution is 9.10. The number of rotatable bonds is 4. The molecule has 1 amide bonds. The fraction of sp³-hybridized carbons (Fsp3) is 0.667. The zero-order chi connectivity index (χ0) is 17.8. The highest BCUT2D eigenvalue weighted by Gasteiger charge is 2.57. The first kappa shape index (κ1) is 17.5. The second-order valence-corrected chi connectivity index (χ2v) is 10.7. The SMILES string of the molecule is CC(c1ccc(F)cc1)N(C)C(=O)CC12CC3CC(CC(Br)(C3)C1)C2. The van der Waals surface area contributed by atoms with Crippen LogP contribution in [0.25, 0.3) is 0 Å². The summed E-state index contributed by atoms with van der Waals surface area (Å²) >= 11 is 4.03. The molecule has 4 aliphatic carbocycles. The van der Waals surface area contributed by atoms with Crippen molar-refractivity contribution in [2.24, 2.45) is 17.3 Å². The first-order valence-corrected chi connectivity index (χ1v) is 10.3. The van der Waals surface area contributed by atoms with Gasteiger partial charge in [0.25, 0.3) is 0 Å². The van der Waals surface area contributed by atoms with Crippen LogP contribution in [0.4, 0.5) is 4.39 Å². The van der Waals surface area contributed by atoms with E-state index in [0.717, 1.165) is 23.8 Å². The first-order valence-electron chi connectivity index (χ1n) is 9.48. The molecule has 1 aromatic rings. The molecule has 0 N–H and O–H groups in total. The van der Waals surface area contributed by atoms with Crippen LogP contribution in [-0.2, 0) is 4.79 Å². The predicted molar refractivity (Wildman–Crippen MR) is 101 cm³/mol. The van der Waals surface area contributed by atoms with E-state index in [1.807, 2.05) is 18.9 Å². The molecule has 0 radical (unpaired) electrons. The number of carbonyl (C=O) groups is 1. The van der Waals surface area contributed by atoms with Crippen molar-refractivity contribution in [3.05, 3.63) is 35.6 Å². The van der Waals surface area contributed by atoms with Gasteiger partial charge in [-0.2, -0.15) is 0 Å².